The Balaban J connectivity index is 1.78. The number of carbonyl (C=O) groups excluding carboxylic acids is 1. The molecule has 1 aliphatic rings. The second kappa shape index (κ2) is 5.97. The van der Waals surface area contributed by atoms with E-state index in [4.69, 9.17) is 0 Å². The number of hydrogen-bond donors (Lipinski definition) is 1. The lowest BCUT2D eigenvalue weighted by molar-refractivity contribution is 0.0942. The van der Waals surface area contributed by atoms with Crippen LogP contribution < -0.4 is 5.32 Å². The molecule has 2 aromatic heterocycles. The number of hydrogen-bond acceptors (Lipinski definition) is 2. The lowest BCUT2D eigenvalue weighted by atomic mass is 10.2. The molecule has 0 atom stereocenters. The van der Waals surface area contributed by atoms with Gasteiger partial charge in [0, 0.05) is 23.1 Å². The van der Waals surface area contributed by atoms with Crippen LogP contribution >= 0.6 is 27.3 Å². The zero-order valence-electron chi connectivity index (χ0n) is 12.5. The maximum atomic E-state index is 14.1. The van der Waals surface area contributed by atoms with Crippen LogP contribution in [-0.2, 0) is 6.54 Å². The Bertz CT molecular complexity index is 946. The summed E-state index contributed by atoms with van der Waals surface area (Å²) >= 11 is 5.01. The number of carbonyl (C=O) groups is 1. The van der Waals surface area contributed by atoms with Gasteiger partial charge in [0.05, 0.1) is 21.2 Å². The van der Waals surface area contributed by atoms with E-state index in [0.29, 0.717) is 11.3 Å². The van der Waals surface area contributed by atoms with E-state index in [9.17, 15) is 13.6 Å². The SMILES string of the molecule is O=C(NC1CC1)c1cc2scc(Br)c2n1Cc1ccc(F)cc1F. The summed E-state index contributed by atoms with van der Waals surface area (Å²) in [5.74, 6) is -1.38. The van der Waals surface area contributed by atoms with Gasteiger partial charge in [0.2, 0.25) is 0 Å². The van der Waals surface area contributed by atoms with Crippen LogP contribution in [0.15, 0.2) is 34.1 Å². The van der Waals surface area contributed by atoms with Crippen molar-refractivity contribution in [1.82, 2.24) is 9.88 Å². The topological polar surface area (TPSA) is 34.0 Å². The molecule has 1 amide bonds. The molecule has 0 spiro atoms. The van der Waals surface area contributed by atoms with Gasteiger partial charge in [-0.1, -0.05) is 6.07 Å². The van der Waals surface area contributed by atoms with E-state index >= 15 is 0 Å². The number of nitrogens with zero attached hydrogens (tertiary/aromatic N) is 1. The number of aromatic nitrogens is 1. The molecule has 3 aromatic rings. The van der Waals surface area contributed by atoms with Crippen LogP contribution in [0.4, 0.5) is 8.78 Å². The van der Waals surface area contributed by atoms with E-state index in [1.54, 1.807) is 4.57 Å². The summed E-state index contributed by atoms with van der Waals surface area (Å²) in [5.41, 5.74) is 1.69. The van der Waals surface area contributed by atoms with Crippen LogP contribution in [0, 0.1) is 11.6 Å². The molecule has 124 valence electrons. The van der Waals surface area contributed by atoms with Crippen LogP contribution in [-0.4, -0.2) is 16.5 Å². The first-order valence-electron chi connectivity index (χ1n) is 7.54. The molecule has 0 bridgehead atoms. The van der Waals surface area contributed by atoms with Gasteiger partial charge in [-0.15, -0.1) is 11.3 Å². The first-order chi connectivity index (χ1) is 11.5. The monoisotopic (exact) mass is 410 g/mol. The largest absolute Gasteiger partial charge is 0.348 e. The molecular formula is C17H13BrF2N2OS. The van der Waals surface area contributed by atoms with E-state index in [1.807, 2.05) is 11.4 Å². The molecule has 0 radical (unpaired) electrons. The molecule has 24 heavy (non-hydrogen) atoms. The Labute approximate surface area is 149 Å². The number of nitrogens with one attached hydrogen (secondary N) is 1. The van der Waals surface area contributed by atoms with Crippen molar-refractivity contribution in [2.24, 2.45) is 0 Å². The van der Waals surface area contributed by atoms with Gasteiger partial charge in [0.15, 0.2) is 0 Å². The molecule has 0 saturated heterocycles. The van der Waals surface area contributed by atoms with E-state index in [1.165, 1.54) is 23.5 Å². The minimum Gasteiger partial charge on any atom is -0.348 e. The number of thiophene rings is 1. The van der Waals surface area contributed by atoms with E-state index in [-0.39, 0.29) is 18.5 Å². The van der Waals surface area contributed by atoms with Crippen LogP contribution in [0.25, 0.3) is 10.2 Å². The van der Waals surface area contributed by atoms with Gasteiger partial charge in [0.1, 0.15) is 17.3 Å². The highest BCUT2D eigenvalue weighted by molar-refractivity contribution is 9.10. The number of benzene rings is 1. The van der Waals surface area contributed by atoms with Crippen molar-refractivity contribution in [3.63, 3.8) is 0 Å². The van der Waals surface area contributed by atoms with Crippen molar-refractivity contribution in [3.8, 4) is 0 Å². The fraction of sp³-hybridized carbons (Fsp3) is 0.235. The van der Waals surface area contributed by atoms with Gasteiger partial charge in [-0.2, -0.15) is 0 Å². The van der Waals surface area contributed by atoms with Gasteiger partial charge in [-0.25, -0.2) is 8.78 Å². The van der Waals surface area contributed by atoms with Crippen LogP contribution in [0.1, 0.15) is 28.9 Å². The Hall–Kier alpha value is -1.73. The summed E-state index contributed by atoms with van der Waals surface area (Å²) in [4.78, 5) is 12.5. The third kappa shape index (κ3) is 2.86. The van der Waals surface area contributed by atoms with Crippen molar-refractivity contribution in [1.29, 1.82) is 0 Å². The van der Waals surface area contributed by atoms with Crippen molar-refractivity contribution >= 4 is 43.4 Å². The highest BCUT2D eigenvalue weighted by atomic mass is 79.9. The third-order valence-corrected chi connectivity index (χ3v) is 5.89. The van der Waals surface area contributed by atoms with E-state index < -0.39 is 11.6 Å². The fourth-order valence-electron chi connectivity index (χ4n) is 2.69. The Morgan fingerprint density at radius 2 is 2.12 bits per heavy atom. The second-order valence-electron chi connectivity index (χ2n) is 5.90. The maximum absolute atomic E-state index is 14.1. The maximum Gasteiger partial charge on any atom is 0.268 e. The number of halogens is 3. The lowest BCUT2D eigenvalue weighted by Gasteiger charge is -2.12. The first-order valence-corrected chi connectivity index (χ1v) is 9.21. The highest BCUT2D eigenvalue weighted by Crippen LogP contribution is 2.34. The molecule has 2 heterocycles. The Morgan fingerprint density at radius 3 is 2.83 bits per heavy atom. The summed E-state index contributed by atoms with van der Waals surface area (Å²) in [6.07, 6.45) is 1.99. The molecular weight excluding hydrogens is 398 g/mol. The van der Waals surface area contributed by atoms with Gasteiger partial charge in [0.25, 0.3) is 5.91 Å². The zero-order chi connectivity index (χ0) is 16.8. The van der Waals surface area contributed by atoms with Crippen molar-refractivity contribution in [3.05, 3.63) is 57.0 Å². The minimum absolute atomic E-state index is 0.157. The summed E-state index contributed by atoms with van der Waals surface area (Å²) in [7, 11) is 0. The second-order valence-corrected chi connectivity index (χ2v) is 7.66. The molecule has 1 N–H and O–H groups in total. The van der Waals surface area contributed by atoms with Crippen molar-refractivity contribution < 1.29 is 13.6 Å². The highest BCUT2D eigenvalue weighted by Gasteiger charge is 2.26. The predicted molar refractivity (Wildman–Crippen MR) is 93.5 cm³/mol. The minimum atomic E-state index is -0.614. The number of fused-ring (bicyclic) bond motifs is 1. The standard InChI is InChI=1S/C17H13BrF2N2OS/c18-12-8-24-15-6-14(17(23)21-11-3-4-11)22(16(12)15)7-9-1-2-10(19)5-13(9)20/h1-2,5-6,8,11H,3-4,7H2,(H,21,23). The lowest BCUT2D eigenvalue weighted by Crippen LogP contribution is -2.28. The van der Waals surface area contributed by atoms with Gasteiger partial charge in [-0.3, -0.25) is 4.79 Å². The van der Waals surface area contributed by atoms with Gasteiger partial charge >= 0.3 is 0 Å². The molecule has 1 fully saturated rings. The molecule has 4 rings (SSSR count). The molecule has 0 aliphatic heterocycles. The molecule has 0 unspecified atom stereocenters. The first kappa shape index (κ1) is 15.8. The summed E-state index contributed by atoms with van der Waals surface area (Å²) in [5, 5.41) is 4.90. The van der Waals surface area contributed by atoms with Crippen LogP contribution in [0.2, 0.25) is 0 Å². The van der Waals surface area contributed by atoms with Gasteiger partial charge in [-0.05, 0) is 40.9 Å². The van der Waals surface area contributed by atoms with Crippen LogP contribution in [0.3, 0.4) is 0 Å². The fourth-order valence-corrected chi connectivity index (χ4v) is 4.38. The van der Waals surface area contributed by atoms with Gasteiger partial charge < -0.3 is 9.88 Å². The smallest absolute Gasteiger partial charge is 0.268 e. The van der Waals surface area contributed by atoms with E-state index in [2.05, 4.69) is 21.2 Å². The summed E-state index contributed by atoms with van der Waals surface area (Å²) < 4.78 is 30.8. The Morgan fingerprint density at radius 1 is 1.33 bits per heavy atom. The van der Waals surface area contributed by atoms with Crippen molar-refractivity contribution in [2.75, 3.05) is 0 Å². The predicted octanol–water partition coefficient (Wildman–Crippen LogP) is 4.68. The molecule has 1 aliphatic carbocycles. The average molecular weight is 411 g/mol. The zero-order valence-corrected chi connectivity index (χ0v) is 14.9. The van der Waals surface area contributed by atoms with E-state index in [0.717, 1.165) is 33.6 Å². The molecule has 1 aromatic carbocycles. The average Bonchev–Trinajstić information content (AvgIpc) is 3.16. The number of amides is 1. The number of rotatable bonds is 4. The summed E-state index contributed by atoms with van der Waals surface area (Å²) in [6.45, 7) is 0.165. The third-order valence-electron chi connectivity index (χ3n) is 4.07. The Kier molecular flexibility index (Phi) is 3.92. The van der Waals surface area contributed by atoms with Crippen molar-refractivity contribution in [2.45, 2.75) is 25.4 Å². The quantitative estimate of drug-likeness (QED) is 0.665. The van der Waals surface area contributed by atoms with Crippen LogP contribution in [0.5, 0.6) is 0 Å². The summed E-state index contributed by atoms with van der Waals surface area (Å²) in [6, 6.07) is 5.57. The molecule has 7 heteroatoms. The molecule has 1 saturated carbocycles. The normalized spacial score (nSPS) is 14.3. The molecule has 3 nitrogen and oxygen atoms in total.